The molecule has 1 unspecified atom stereocenters. The van der Waals surface area contributed by atoms with Gasteiger partial charge in [-0.1, -0.05) is 35.9 Å². The summed E-state index contributed by atoms with van der Waals surface area (Å²) in [5.74, 6) is 0. The summed E-state index contributed by atoms with van der Waals surface area (Å²) in [5, 5.41) is 0. The van der Waals surface area contributed by atoms with Gasteiger partial charge < -0.3 is 0 Å². The lowest BCUT2D eigenvalue weighted by molar-refractivity contribution is 0.392. The van der Waals surface area contributed by atoms with Crippen LogP contribution in [0.4, 0.5) is 4.39 Å². The number of hydrogen-bond donors (Lipinski definition) is 0. The Morgan fingerprint density at radius 2 is 2.20 bits per heavy atom. The van der Waals surface area contributed by atoms with Gasteiger partial charge in [0.25, 0.3) is 0 Å². The summed E-state index contributed by atoms with van der Waals surface area (Å²) >= 11 is 0. The van der Waals surface area contributed by atoms with Crippen molar-refractivity contribution in [3.8, 4) is 0 Å². The molecule has 0 radical (unpaired) electrons. The van der Waals surface area contributed by atoms with Gasteiger partial charge in [0.15, 0.2) is 0 Å². The fourth-order valence-corrected chi connectivity index (χ4v) is 2.53. The van der Waals surface area contributed by atoms with Crippen LogP contribution in [0.15, 0.2) is 35.9 Å². The first-order valence-corrected chi connectivity index (χ1v) is 5.42. The van der Waals surface area contributed by atoms with Crippen LogP contribution in [-0.4, -0.2) is 0 Å². The Balaban J connectivity index is 2.21. The molecule has 15 heavy (non-hydrogen) atoms. The van der Waals surface area contributed by atoms with Crippen LogP contribution in [0.5, 0.6) is 0 Å². The van der Waals surface area contributed by atoms with Crippen LogP contribution in [0.2, 0.25) is 0 Å². The maximum Gasteiger partial charge on any atom is 0.148 e. The molecule has 1 aromatic rings. The van der Waals surface area contributed by atoms with Gasteiger partial charge in [-0.05, 0) is 42.0 Å². The van der Waals surface area contributed by atoms with Crippen LogP contribution in [0.25, 0.3) is 5.57 Å². The minimum Gasteiger partial charge on any atom is -0.237 e. The second kappa shape index (κ2) is 3.06. The average Bonchev–Trinajstić information content (AvgIpc) is 2.54. The molecule has 0 spiro atoms. The molecule has 2 aliphatic carbocycles. The van der Waals surface area contributed by atoms with Crippen LogP contribution in [0, 0.1) is 6.92 Å². The van der Waals surface area contributed by atoms with Crippen molar-refractivity contribution in [1.29, 1.82) is 0 Å². The summed E-state index contributed by atoms with van der Waals surface area (Å²) in [7, 11) is 0. The van der Waals surface area contributed by atoms with Crippen molar-refractivity contribution in [3.05, 3.63) is 52.6 Å². The number of aryl methyl sites for hydroxylation is 1. The molecule has 76 valence electrons. The summed E-state index contributed by atoms with van der Waals surface area (Å²) in [6, 6.07) is 6.09. The highest BCUT2D eigenvalue weighted by Crippen LogP contribution is 2.47. The molecule has 0 amide bonds. The molecular formula is C14H13F. The highest BCUT2D eigenvalue weighted by molar-refractivity contribution is 5.84. The summed E-state index contributed by atoms with van der Waals surface area (Å²) in [6.45, 7) is 2.01. The minimum atomic E-state index is -0.861. The van der Waals surface area contributed by atoms with Gasteiger partial charge in [0.1, 0.15) is 6.17 Å². The van der Waals surface area contributed by atoms with E-state index in [4.69, 9.17) is 0 Å². The highest BCUT2D eigenvalue weighted by atomic mass is 19.1. The zero-order chi connectivity index (χ0) is 10.4. The Morgan fingerprint density at radius 1 is 1.33 bits per heavy atom. The zero-order valence-electron chi connectivity index (χ0n) is 8.76. The minimum absolute atomic E-state index is 0.861. The number of fused-ring (bicyclic) bond motifs is 2. The predicted molar refractivity (Wildman–Crippen MR) is 60.3 cm³/mol. The van der Waals surface area contributed by atoms with Crippen molar-refractivity contribution >= 4 is 5.57 Å². The van der Waals surface area contributed by atoms with Gasteiger partial charge in [0.05, 0.1) is 0 Å². The van der Waals surface area contributed by atoms with Crippen LogP contribution in [0.1, 0.15) is 35.7 Å². The Labute approximate surface area is 89.1 Å². The van der Waals surface area contributed by atoms with E-state index in [1.165, 1.54) is 0 Å². The third kappa shape index (κ3) is 1.19. The number of alkyl halides is 1. The molecule has 1 aromatic carbocycles. The van der Waals surface area contributed by atoms with Gasteiger partial charge in [-0.3, -0.25) is 0 Å². The van der Waals surface area contributed by atoms with E-state index >= 15 is 0 Å². The number of hydrogen-bond acceptors (Lipinski definition) is 0. The number of rotatable bonds is 0. The van der Waals surface area contributed by atoms with E-state index in [2.05, 4.69) is 24.3 Å². The quantitative estimate of drug-likeness (QED) is 0.591. The first kappa shape index (κ1) is 8.90. The van der Waals surface area contributed by atoms with Gasteiger partial charge in [0.2, 0.25) is 0 Å². The van der Waals surface area contributed by atoms with Gasteiger partial charge in [-0.15, -0.1) is 0 Å². The van der Waals surface area contributed by atoms with Crippen molar-refractivity contribution < 1.29 is 4.39 Å². The van der Waals surface area contributed by atoms with Crippen LogP contribution in [0.3, 0.4) is 0 Å². The smallest absolute Gasteiger partial charge is 0.148 e. The number of halogens is 1. The molecule has 0 fully saturated rings. The summed E-state index contributed by atoms with van der Waals surface area (Å²) < 4.78 is 14.1. The van der Waals surface area contributed by atoms with Gasteiger partial charge in [-0.2, -0.15) is 0 Å². The van der Waals surface area contributed by atoms with Crippen molar-refractivity contribution in [2.24, 2.45) is 0 Å². The fraction of sp³-hybridized carbons (Fsp3) is 0.286. The Bertz CT molecular complexity index is 480. The number of allylic oxidation sites excluding steroid dienone is 4. The third-order valence-corrected chi connectivity index (χ3v) is 3.29. The van der Waals surface area contributed by atoms with Gasteiger partial charge in [0, 0.05) is 0 Å². The molecule has 3 rings (SSSR count). The molecule has 0 aromatic heterocycles. The van der Waals surface area contributed by atoms with E-state index in [0.717, 1.165) is 40.7 Å². The zero-order valence-corrected chi connectivity index (χ0v) is 8.76. The second-order valence-corrected chi connectivity index (χ2v) is 4.33. The molecule has 0 bridgehead atoms. The van der Waals surface area contributed by atoms with E-state index in [-0.39, 0.29) is 0 Å². The molecule has 0 aliphatic heterocycles. The van der Waals surface area contributed by atoms with E-state index < -0.39 is 6.17 Å². The molecule has 1 atom stereocenters. The summed E-state index contributed by atoms with van der Waals surface area (Å²) in [5.41, 5.74) is 5.22. The Morgan fingerprint density at radius 3 is 3.07 bits per heavy atom. The second-order valence-electron chi connectivity index (χ2n) is 4.33. The maximum absolute atomic E-state index is 14.1. The van der Waals surface area contributed by atoms with E-state index in [0.29, 0.717) is 0 Å². The highest BCUT2D eigenvalue weighted by Gasteiger charge is 2.30. The lowest BCUT2D eigenvalue weighted by atomic mass is 9.97. The first-order chi connectivity index (χ1) is 7.27. The topological polar surface area (TPSA) is 0 Å². The van der Waals surface area contributed by atoms with E-state index in [1.807, 2.05) is 13.0 Å². The van der Waals surface area contributed by atoms with Crippen molar-refractivity contribution in [3.63, 3.8) is 0 Å². The SMILES string of the molecule is Cc1ccc2c(c1)C(F)C1=C2C=CCC1. The molecule has 1 heteroatoms. The lowest BCUT2D eigenvalue weighted by Crippen LogP contribution is -1.93. The summed E-state index contributed by atoms with van der Waals surface area (Å²) in [4.78, 5) is 0. The predicted octanol–water partition coefficient (Wildman–Crippen LogP) is 4.12. The molecular weight excluding hydrogens is 187 g/mol. The number of benzene rings is 1. The lowest BCUT2D eigenvalue weighted by Gasteiger charge is -2.09. The Hall–Kier alpha value is -1.37. The van der Waals surface area contributed by atoms with Crippen molar-refractivity contribution in [2.75, 3.05) is 0 Å². The summed E-state index contributed by atoms with van der Waals surface area (Å²) in [6.07, 6.45) is 5.21. The molecule has 0 saturated carbocycles. The van der Waals surface area contributed by atoms with Gasteiger partial charge >= 0.3 is 0 Å². The first-order valence-electron chi connectivity index (χ1n) is 5.42. The normalized spacial score (nSPS) is 22.9. The van der Waals surface area contributed by atoms with Crippen molar-refractivity contribution in [1.82, 2.24) is 0 Å². The largest absolute Gasteiger partial charge is 0.237 e. The fourth-order valence-electron chi connectivity index (χ4n) is 2.53. The van der Waals surface area contributed by atoms with E-state index in [1.54, 1.807) is 0 Å². The van der Waals surface area contributed by atoms with Gasteiger partial charge in [-0.25, -0.2) is 4.39 Å². The van der Waals surface area contributed by atoms with Crippen LogP contribution >= 0.6 is 0 Å². The van der Waals surface area contributed by atoms with Crippen LogP contribution < -0.4 is 0 Å². The maximum atomic E-state index is 14.1. The molecule has 2 aliphatic rings. The molecule has 0 heterocycles. The Kier molecular flexibility index (Phi) is 1.82. The standard InChI is InChI=1S/C14H13F/c1-9-6-7-11-10-4-2-3-5-12(10)14(15)13(11)8-9/h2,4,6-8,14H,3,5H2,1H3. The van der Waals surface area contributed by atoms with Crippen molar-refractivity contribution in [2.45, 2.75) is 25.9 Å². The third-order valence-electron chi connectivity index (χ3n) is 3.29. The van der Waals surface area contributed by atoms with Crippen LogP contribution in [-0.2, 0) is 0 Å². The molecule has 0 N–H and O–H groups in total. The average molecular weight is 200 g/mol. The van der Waals surface area contributed by atoms with E-state index in [9.17, 15) is 4.39 Å². The molecule has 0 saturated heterocycles. The molecule has 0 nitrogen and oxygen atoms in total. The monoisotopic (exact) mass is 200 g/mol.